The van der Waals surface area contributed by atoms with Gasteiger partial charge in [0.25, 0.3) is 10.0 Å². The van der Waals surface area contributed by atoms with Crippen molar-refractivity contribution in [2.45, 2.75) is 18.2 Å². The second-order valence-electron chi connectivity index (χ2n) is 7.15. The zero-order valence-corrected chi connectivity index (χ0v) is 20.3. The highest BCUT2D eigenvalue weighted by Crippen LogP contribution is 2.29. The highest BCUT2D eigenvalue weighted by Gasteiger charge is 2.27. The Kier molecular flexibility index (Phi) is 8.61. The molecule has 0 aliphatic heterocycles. The number of anilines is 1. The molecule has 0 aliphatic rings. The molecule has 174 valence electrons. The van der Waals surface area contributed by atoms with Crippen LogP contribution in [0.2, 0.25) is 10.0 Å². The summed E-state index contributed by atoms with van der Waals surface area (Å²) in [7, 11) is -4.04. The Morgan fingerprint density at radius 1 is 0.970 bits per heavy atom. The molecule has 0 aromatic heterocycles. The number of aryl methyl sites for hydroxylation is 1. The van der Waals surface area contributed by atoms with Crippen molar-refractivity contribution in [3.63, 3.8) is 0 Å². The van der Waals surface area contributed by atoms with Crippen molar-refractivity contribution < 1.29 is 17.9 Å². The molecule has 0 heterocycles. The highest BCUT2D eigenvalue weighted by molar-refractivity contribution is 7.92. The lowest BCUT2D eigenvalue weighted by Crippen LogP contribution is -2.42. The number of rotatable bonds is 10. The zero-order chi connectivity index (χ0) is 23.8. The first-order chi connectivity index (χ1) is 15.8. The summed E-state index contributed by atoms with van der Waals surface area (Å²) in [6.07, 6.45) is 0.941. The summed E-state index contributed by atoms with van der Waals surface area (Å²) in [5.74, 6) is 0.207. The van der Waals surface area contributed by atoms with E-state index in [1.165, 1.54) is 35.9 Å². The van der Waals surface area contributed by atoms with E-state index in [0.29, 0.717) is 5.75 Å². The van der Waals surface area contributed by atoms with Crippen LogP contribution in [0.4, 0.5) is 5.69 Å². The van der Waals surface area contributed by atoms with Crippen LogP contribution in [0, 0.1) is 0 Å². The second-order valence-corrected chi connectivity index (χ2v) is 9.88. The number of carbonyl (C=O) groups is 1. The standard InChI is InChI=1S/C24H24Cl2N2O4S/c1-2-18-8-10-22(11-9-18)32-13-12-27-24(29)17-28(21-15-19(25)14-20(26)16-21)33(30,31)23-6-4-3-5-7-23/h3-11,14-16H,2,12-13,17H2,1H3,(H,27,29). The summed E-state index contributed by atoms with van der Waals surface area (Å²) < 4.78 is 33.2. The van der Waals surface area contributed by atoms with Crippen molar-refractivity contribution in [1.82, 2.24) is 5.32 Å². The lowest BCUT2D eigenvalue weighted by atomic mass is 10.2. The SMILES string of the molecule is CCc1ccc(OCCNC(=O)CN(c2cc(Cl)cc(Cl)c2)S(=O)(=O)c2ccccc2)cc1. The molecule has 0 unspecified atom stereocenters. The van der Waals surface area contributed by atoms with Gasteiger partial charge >= 0.3 is 0 Å². The topological polar surface area (TPSA) is 75.7 Å². The third-order valence-corrected chi connectivity index (χ3v) is 7.00. The van der Waals surface area contributed by atoms with Gasteiger partial charge in [-0.1, -0.05) is 60.5 Å². The first kappa shape index (κ1) is 24.9. The number of nitrogens with one attached hydrogen (secondary N) is 1. The van der Waals surface area contributed by atoms with Crippen LogP contribution in [0.5, 0.6) is 5.75 Å². The molecule has 1 N–H and O–H groups in total. The Morgan fingerprint density at radius 3 is 2.21 bits per heavy atom. The molecule has 0 aliphatic carbocycles. The number of halogens is 2. The van der Waals surface area contributed by atoms with Crippen molar-refractivity contribution in [2.24, 2.45) is 0 Å². The van der Waals surface area contributed by atoms with Gasteiger partial charge in [0.1, 0.15) is 18.9 Å². The van der Waals surface area contributed by atoms with Crippen molar-refractivity contribution in [2.75, 3.05) is 24.0 Å². The molecule has 3 aromatic rings. The van der Waals surface area contributed by atoms with E-state index in [2.05, 4.69) is 12.2 Å². The Labute approximate surface area is 204 Å². The molecule has 33 heavy (non-hydrogen) atoms. The number of amides is 1. The summed E-state index contributed by atoms with van der Waals surface area (Å²) in [5, 5.41) is 3.21. The minimum atomic E-state index is -4.04. The fourth-order valence-corrected chi connectivity index (χ4v) is 5.03. The maximum atomic E-state index is 13.3. The average Bonchev–Trinajstić information content (AvgIpc) is 2.80. The van der Waals surface area contributed by atoms with Crippen LogP contribution >= 0.6 is 23.2 Å². The van der Waals surface area contributed by atoms with Gasteiger partial charge in [0.2, 0.25) is 5.91 Å². The van der Waals surface area contributed by atoms with E-state index < -0.39 is 22.5 Å². The molecule has 1 amide bonds. The molecular weight excluding hydrogens is 483 g/mol. The maximum Gasteiger partial charge on any atom is 0.264 e. The summed E-state index contributed by atoms with van der Waals surface area (Å²) >= 11 is 12.2. The number of benzene rings is 3. The monoisotopic (exact) mass is 506 g/mol. The molecule has 3 aromatic carbocycles. The molecule has 0 atom stereocenters. The number of carbonyl (C=O) groups excluding carboxylic acids is 1. The minimum Gasteiger partial charge on any atom is -0.492 e. The molecule has 0 bridgehead atoms. The van der Waals surface area contributed by atoms with Gasteiger partial charge in [-0.05, 0) is 54.4 Å². The van der Waals surface area contributed by atoms with Crippen molar-refractivity contribution in [3.05, 3.63) is 88.4 Å². The molecular formula is C24H24Cl2N2O4S. The van der Waals surface area contributed by atoms with Crippen LogP contribution in [-0.2, 0) is 21.2 Å². The quantitative estimate of drug-likeness (QED) is 0.394. The lowest BCUT2D eigenvalue weighted by molar-refractivity contribution is -0.119. The van der Waals surface area contributed by atoms with Gasteiger partial charge < -0.3 is 10.1 Å². The van der Waals surface area contributed by atoms with E-state index in [1.54, 1.807) is 18.2 Å². The Bertz CT molecular complexity index is 1170. The Balaban J connectivity index is 1.69. The summed E-state index contributed by atoms with van der Waals surface area (Å²) in [6.45, 7) is 2.08. The van der Waals surface area contributed by atoms with Crippen LogP contribution in [-0.4, -0.2) is 34.0 Å². The first-order valence-electron chi connectivity index (χ1n) is 10.3. The fourth-order valence-electron chi connectivity index (χ4n) is 3.09. The molecule has 0 fully saturated rings. The third kappa shape index (κ3) is 6.87. The number of sulfonamides is 1. The predicted octanol–water partition coefficient (Wildman–Crippen LogP) is 4.95. The molecule has 0 saturated heterocycles. The van der Waals surface area contributed by atoms with Gasteiger partial charge in [-0.25, -0.2) is 8.42 Å². The van der Waals surface area contributed by atoms with E-state index in [9.17, 15) is 13.2 Å². The largest absolute Gasteiger partial charge is 0.492 e. The van der Waals surface area contributed by atoms with Gasteiger partial charge in [0.05, 0.1) is 17.1 Å². The maximum absolute atomic E-state index is 13.3. The summed E-state index contributed by atoms with van der Waals surface area (Å²) in [5.41, 5.74) is 1.40. The van der Waals surface area contributed by atoms with E-state index in [-0.39, 0.29) is 33.8 Å². The van der Waals surface area contributed by atoms with Crippen molar-refractivity contribution in [3.8, 4) is 5.75 Å². The number of hydrogen-bond acceptors (Lipinski definition) is 4. The van der Waals surface area contributed by atoms with Crippen LogP contribution in [0.15, 0.2) is 77.7 Å². The minimum absolute atomic E-state index is 0.0488. The second kappa shape index (κ2) is 11.4. The van der Waals surface area contributed by atoms with Gasteiger partial charge in [-0.15, -0.1) is 0 Å². The highest BCUT2D eigenvalue weighted by atomic mass is 35.5. The van der Waals surface area contributed by atoms with Crippen LogP contribution in [0.1, 0.15) is 12.5 Å². The lowest BCUT2D eigenvalue weighted by Gasteiger charge is -2.24. The van der Waals surface area contributed by atoms with Gasteiger partial charge in [-0.2, -0.15) is 0 Å². The third-order valence-electron chi connectivity index (χ3n) is 4.78. The average molecular weight is 507 g/mol. The van der Waals surface area contributed by atoms with E-state index >= 15 is 0 Å². The number of ether oxygens (including phenoxy) is 1. The zero-order valence-electron chi connectivity index (χ0n) is 18.0. The Morgan fingerprint density at radius 2 is 1.61 bits per heavy atom. The fraction of sp³-hybridized carbons (Fsp3) is 0.208. The van der Waals surface area contributed by atoms with Crippen LogP contribution < -0.4 is 14.4 Å². The smallest absolute Gasteiger partial charge is 0.264 e. The predicted molar refractivity (Wildman–Crippen MR) is 132 cm³/mol. The van der Waals surface area contributed by atoms with Crippen LogP contribution in [0.3, 0.4) is 0 Å². The molecule has 6 nitrogen and oxygen atoms in total. The van der Waals surface area contributed by atoms with E-state index in [0.717, 1.165) is 10.7 Å². The number of nitrogens with zero attached hydrogens (tertiary/aromatic N) is 1. The molecule has 0 radical (unpaired) electrons. The molecule has 9 heteroatoms. The molecule has 0 spiro atoms. The molecule has 0 saturated carbocycles. The van der Waals surface area contributed by atoms with E-state index in [1.807, 2.05) is 24.3 Å². The normalized spacial score (nSPS) is 11.1. The number of hydrogen-bond donors (Lipinski definition) is 1. The molecule has 3 rings (SSSR count). The van der Waals surface area contributed by atoms with Crippen molar-refractivity contribution in [1.29, 1.82) is 0 Å². The van der Waals surface area contributed by atoms with Gasteiger partial charge in [-0.3, -0.25) is 9.10 Å². The van der Waals surface area contributed by atoms with Crippen molar-refractivity contribution >= 4 is 44.8 Å². The van der Waals surface area contributed by atoms with Gasteiger partial charge in [0.15, 0.2) is 0 Å². The Hall–Kier alpha value is -2.74. The van der Waals surface area contributed by atoms with Crippen LogP contribution in [0.25, 0.3) is 0 Å². The van der Waals surface area contributed by atoms with Gasteiger partial charge in [0, 0.05) is 10.0 Å². The van der Waals surface area contributed by atoms with E-state index in [4.69, 9.17) is 27.9 Å². The first-order valence-corrected chi connectivity index (χ1v) is 12.5. The summed E-state index contributed by atoms with van der Waals surface area (Å²) in [6, 6.07) is 20.0. The summed E-state index contributed by atoms with van der Waals surface area (Å²) in [4.78, 5) is 12.7.